The molecule has 0 aliphatic carbocycles. The molecule has 1 atom stereocenters. The molecule has 0 aliphatic heterocycles. The smallest absolute Gasteiger partial charge is 0.305 e. The predicted octanol–water partition coefficient (Wildman–Crippen LogP) is 1.86. The van der Waals surface area contributed by atoms with E-state index in [1.807, 2.05) is 19.9 Å². The number of ether oxygens (including phenoxy) is 2. The number of esters is 1. The Morgan fingerprint density at radius 2 is 2.05 bits per heavy atom. The molecule has 0 spiro atoms. The molecule has 5 nitrogen and oxygen atoms in total. The van der Waals surface area contributed by atoms with Crippen LogP contribution in [0.15, 0.2) is 18.2 Å². The summed E-state index contributed by atoms with van der Waals surface area (Å²) in [6, 6.07) is 4.65. The summed E-state index contributed by atoms with van der Waals surface area (Å²) >= 11 is 0. The number of Topliss-reactive ketones (excluding diaryl/α,β-unsaturated/α-hetero) is 1. The molecule has 0 fully saturated rings. The van der Waals surface area contributed by atoms with Crippen molar-refractivity contribution in [2.45, 2.75) is 32.7 Å². The number of aryl methyl sites for hydroxylation is 1. The van der Waals surface area contributed by atoms with E-state index in [1.54, 1.807) is 12.1 Å². The summed E-state index contributed by atoms with van der Waals surface area (Å²) in [4.78, 5) is 23.4. The van der Waals surface area contributed by atoms with Gasteiger partial charge in [-0.05, 0) is 32.4 Å². The van der Waals surface area contributed by atoms with Gasteiger partial charge in [0, 0.05) is 6.42 Å². The van der Waals surface area contributed by atoms with E-state index in [0.717, 1.165) is 5.56 Å². The second-order valence-corrected chi connectivity index (χ2v) is 4.52. The van der Waals surface area contributed by atoms with E-state index < -0.39 is 6.04 Å². The normalized spacial score (nSPS) is 11.8. The fourth-order valence-electron chi connectivity index (χ4n) is 1.82. The maximum Gasteiger partial charge on any atom is 0.305 e. The first-order chi connectivity index (χ1) is 9.49. The third kappa shape index (κ3) is 4.35. The van der Waals surface area contributed by atoms with Crippen LogP contribution in [0.1, 0.15) is 35.7 Å². The van der Waals surface area contributed by atoms with Crippen LogP contribution in [0.25, 0.3) is 0 Å². The SMILES string of the molecule is CCOc1ccc(C)cc1C(=O)C(N)CCC(=O)OC. The van der Waals surface area contributed by atoms with Crippen LogP contribution >= 0.6 is 0 Å². The number of carbonyl (C=O) groups excluding carboxylic acids is 2. The maximum atomic E-state index is 12.3. The highest BCUT2D eigenvalue weighted by molar-refractivity contribution is 6.02. The minimum atomic E-state index is -0.741. The Bertz CT molecular complexity index is 485. The molecule has 1 unspecified atom stereocenters. The van der Waals surface area contributed by atoms with Crippen molar-refractivity contribution < 1.29 is 19.1 Å². The zero-order valence-corrected chi connectivity index (χ0v) is 12.1. The number of methoxy groups -OCH3 is 1. The van der Waals surface area contributed by atoms with Crippen molar-refractivity contribution in [3.05, 3.63) is 29.3 Å². The lowest BCUT2D eigenvalue weighted by Gasteiger charge is -2.14. The molecule has 2 N–H and O–H groups in total. The summed E-state index contributed by atoms with van der Waals surface area (Å²) in [7, 11) is 1.31. The summed E-state index contributed by atoms with van der Waals surface area (Å²) in [5.74, 6) is -0.0693. The van der Waals surface area contributed by atoms with Gasteiger partial charge in [-0.25, -0.2) is 0 Å². The van der Waals surface area contributed by atoms with Crippen LogP contribution in [0, 0.1) is 6.92 Å². The minimum absolute atomic E-state index is 0.124. The summed E-state index contributed by atoms with van der Waals surface area (Å²) in [6.07, 6.45) is 0.379. The molecule has 0 radical (unpaired) electrons. The van der Waals surface area contributed by atoms with Crippen molar-refractivity contribution in [2.75, 3.05) is 13.7 Å². The topological polar surface area (TPSA) is 78.6 Å². The average Bonchev–Trinajstić information content (AvgIpc) is 2.45. The number of nitrogens with two attached hydrogens (primary N) is 1. The number of hydrogen-bond acceptors (Lipinski definition) is 5. The van der Waals surface area contributed by atoms with Gasteiger partial charge in [0.25, 0.3) is 0 Å². The van der Waals surface area contributed by atoms with Crippen LogP contribution in [0.2, 0.25) is 0 Å². The van der Waals surface area contributed by atoms with Gasteiger partial charge in [0.2, 0.25) is 0 Å². The molecule has 0 bridgehead atoms. The molecule has 5 heteroatoms. The molecular formula is C15H21NO4. The zero-order chi connectivity index (χ0) is 15.1. The first-order valence-corrected chi connectivity index (χ1v) is 6.59. The van der Waals surface area contributed by atoms with Gasteiger partial charge in [-0.2, -0.15) is 0 Å². The molecule has 0 saturated carbocycles. The van der Waals surface area contributed by atoms with Crippen LogP contribution in [-0.2, 0) is 9.53 Å². The predicted molar refractivity (Wildman–Crippen MR) is 75.9 cm³/mol. The molecule has 0 saturated heterocycles. The highest BCUT2D eigenvalue weighted by Crippen LogP contribution is 2.22. The van der Waals surface area contributed by atoms with Crippen molar-refractivity contribution in [1.82, 2.24) is 0 Å². The van der Waals surface area contributed by atoms with Crippen molar-refractivity contribution >= 4 is 11.8 Å². The molecule has 0 heterocycles. The molecule has 1 aromatic rings. The van der Waals surface area contributed by atoms with Gasteiger partial charge in [0.1, 0.15) is 5.75 Å². The molecule has 1 rings (SSSR count). The van der Waals surface area contributed by atoms with Crippen LogP contribution in [0.5, 0.6) is 5.75 Å². The Morgan fingerprint density at radius 1 is 1.35 bits per heavy atom. The average molecular weight is 279 g/mol. The fraction of sp³-hybridized carbons (Fsp3) is 0.467. The van der Waals surface area contributed by atoms with E-state index in [-0.39, 0.29) is 24.6 Å². The standard InChI is InChI=1S/C15H21NO4/c1-4-20-13-7-5-10(2)9-11(13)15(18)12(16)6-8-14(17)19-3/h5,7,9,12H,4,6,8,16H2,1-3H3. The van der Waals surface area contributed by atoms with Crippen LogP contribution in [-0.4, -0.2) is 31.5 Å². The number of benzene rings is 1. The third-order valence-corrected chi connectivity index (χ3v) is 2.92. The summed E-state index contributed by atoms with van der Waals surface area (Å²) < 4.78 is 9.98. The lowest BCUT2D eigenvalue weighted by molar-refractivity contribution is -0.140. The van der Waals surface area contributed by atoms with Crippen LogP contribution < -0.4 is 10.5 Å². The summed E-state index contributed by atoms with van der Waals surface area (Å²) in [5.41, 5.74) is 7.27. The van der Waals surface area contributed by atoms with E-state index >= 15 is 0 Å². The van der Waals surface area contributed by atoms with Gasteiger partial charge in [0.05, 0.1) is 25.3 Å². The number of carbonyl (C=O) groups is 2. The Balaban J connectivity index is 2.84. The highest BCUT2D eigenvalue weighted by atomic mass is 16.5. The second kappa shape index (κ2) is 7.65. The van der Waals surface area contributed by atoms with Crippen LogP contribution in [0.3, 0.4) is 0 Å². The largest absolute Gasteiger partial charge is 0.493 e. The van der Waals surface area contributed by atoms with E-state index in [4.69, 9.17) is 10.5 Å². The fourth-order valence-corrected chi connectivity index (χ4v) is 1.82. The molecule has 0 amide bonds. The Hall–Kier alpha value is -1.88. The van der Waals surface area contributed by atoms with E-state index in [9.17, 15) is 9.59 Å². The Labute approximate surface area is 119 Å². The van der Waals surface area contributed by atoms with Crippen LogP contribution in [0.4, 0.5) is 0 Å². The van der Waals surface area contributed by atoms with Gasteiger partial charge >= 0.3 is 5.97 Å². The van der Waals surface area contributed by atoms with Crippen molar-refractivity contribution in [3.8, 4) is 5.75 Å². The maximum absolute atomic E-state index is 12.3. The molecule has 1 aromatic carbocycles. The van der Waals surface area contributed by atoms with Gasteiger partial charge in [-0.3, -0.25) is 9.59 Å². The molecular weight excluding hydrogens is 258 g/mol. The summed E-state index contributed by atoms with van der Waals surface area (Å²) in [5, 5.41) is 0. The van der Waals surface area contributed by atoms with Gasteiger partial charge in [-0.15, -0.1) is 0 Å². The van der Waals surface area contributed by atoms with Gasteiger partial charge in [0.15, 0.2) is 5.78 Å². The monoisotopic (exact) mass is 279 g/mol. The molecule has 110 valence electrons. The third-order valence-electron chi connectivity index (χ3n) is 2.92. The summed E-state index contributed by atoms with van der Waals surface area (Å²) in [6.45, 7) is 4.22. The molecule has 20 heavy (non-hydrogen) atoms. The second-order valence-electron chi connectivity index (χ2n) is 4.52. The molecule has 0 aromatic heterocycles. The Morgan fingerprint density at radius 3 is 2.65 bits per heavy atom. The number of hydrogen-bond donors (Lipinski definition) is 1. The first-order valence-electron chi connectivity index (χ1n) is 6.59. The van der Waals surface area contributed by atoms with E-state index in [1.165, 1.54) is 7.11 Å². The lowest BCUT2D eigenvalue weighted by atomic mass is 9.98. The molecule has 0 aliphatic rings. The quantitative estimate of drug-likeness (QED) is 0.609. The van der Waals surface area contributed by atoms with E-state index in [0.29, 0.717) is 17.9 Å². The van der Waals surface area contributed by atoms with Gasteiger partial charge in [-0.1, -0.05) is 11.6 Å². The number of ketones is 1. The van der Waals surface area contributed by atoms with Crippen molar-refractivity contribution in [1.29, 1.82) is 0 Å². The van der Waals surface area contributed by atoms with Crippen molar-refractivity contribution in [2.24, 2.45) is 5.73 Å². The number of rotatable bonds is 7. The lowest BCUT2D eigenvalue weighted by Crippen LogP contribution is -2.31. The van der Waals surface area contributed by atoms with Crippen molar-refractivity contribution in [3.63, 3.8) is 0 Å². The van der Waals surface area contributed by atoms with Gasteiger partial charge < -0.3 is 15.2 Å². The highest BCUT2D eigenvalue weighted by Gasteiger charge is 2.20. The zero-order valence-electron chi connectivity index (χ0n) is 12.1. The van der Waals surface area contributed by atoms with E-state index in [2.05, 4.69) is 4.74 Å². The minimum Gasteiger partial charge on any atom is -0.493 e. The Kier molecular flexibility index (Phi) is 6.18. The first kappa shape index (κ1) is 16.2.